The predicted octanol–water partition coefficient (Wildman–Crippen LogP) is 6.29. The number of hydrogen-bond acceptors (Lipinski definition) is 1. The molecule has 0 spiro atoms. The number of hydrogen-bond donors (Lipinski definition) is 1. The Kier molecular flexibility index (Phi) is 4.28. The Hall–Kier alpha value is -2.38. The van der Waals surface area contributed by atoms with Gasteiger partial charge in [-0.1, -0.05) is 96.1 Å². The molecular formula is C27H31N. The summed E-state index contributed by atoms with van der Waals surface area (Å²) in [5, 5.41) is 5.49. The normalized spacial score (nSPS) is 13.0. The van der Waals surface area contributed by atoms with Gasteiger partial charge in [0.2, 0.25) is 0 Å². The molecule has 2 N–H and O–H groups in total. The maximum absolute atomic E-state index is 6.21. The highest BCUT2D eigenvalue weighted by atomic mass is 14.5. The zero-order chi connectivity index (χ0) is 20.3. The Morgan fingerprint density at radius 2 is 1.32 bits per heavy atom. The highest BCUT2D eigenvalue weighted by Crippen LogP contribution is 2.43. The van der Waals surface area contributed by atoms with Crippen LogP contribution in [0.2, 0.25) is 0 Å². The van der Waals surface area contributed by atoms with Crippen LogP contribution in [-0.2, 0) is 17.4 Å². The summed E-state index contributed by atoms with van der Waals surface area (Å²) in [6.45, 7) is 14.4. The van der Waals surface area contributed by atoms with Gasteiger partial charge < -0.3 is 5.73 Å². The third-order valence-corrected chi connectivity index (χ3v) is 5.89. The van der Waals surface area contributed by atoms with Crippen molar-refractivity contribution >= 4 is 0 Å². The van der Waals surface area contributed by atoms with Gasteiger partial charge in [0.25, 0.3) is 0 Å². The Morgan fingerprint density at radius 1 is 0.679 bits per heavy atom. The molecule has 1 heteroatoms. The van der Waals surface area contributed by atoms with E-state index in [0.717, 1.165) is 0 Å². The van der Waals surface area contributed by atoms with Gasteiger partial charge in [-0.2, -0.15) is 0 Å². The average Bonchev–Trinajstić information content (AvgIpc) is 2.62. The molecule has 0 unspecified atom stereocenters. The van der Waals surface area contributed by atoms with Crippen LogP contribution in [0.15, 0.2) is 54.6 Å². The number of nitrogens with two attached hydrogens (primary N) is 1. The molecule has 0 aromatic heterocycles. The number of fused-ring (bicyclic) bond motifs is 2. The van der Waals surface area contributed by atoms with E-state index in [1.165, 1.54) is 48.7 Å². The summed E-state index contributed by atoms with van der Waals surface area (Å²) in [7, 11) is 0. The minimum Gasteiger partial charge on any atom is -0.326 e. The minimum atomic E-state index is 0.0112. The smallest absolute Gasteiger partial charge is 0.0181 e. The first-order valence-corrected chi connectivity index (χ1v) is 10.2. The van der Waals surface area contributed by atoms with E-state index in [1.807, 2.05) is 0 Å². The maximum Gasteiger partial charge on any atom is 0.0181 e. The third kappa shape index (κ3) is 2.81. The van der Waals surface area contributed by atoms with Crippen molar-refractivity contribution in [2.75, 3.05) is 0 Å². The van der Waals surface area contributed by atoms with Gasteiger partial charge in [-0.25, -0.2) is 0 Å². The first kappa shape index (κ1) is 19.0. The molecule has 0 atom stereocenters. The predicted molar refractivity (Wildman–Crippen MR) is 119 cm³/mol. The van der Waals surface area contributed by atoms with Crippen LogP contribution in [0.1, 0.15) is 58.2 Å². The second kappa shape index (κ2) is 6.32. The lowest BCUT2D eigenvalue weighted by atomic mass is 9.71. The molecule has 1 aliphatic carbocycles. The molecule has 1 nitrogen and oxygen atoms in total. The second-order valence-electron chi connectivity index (χ2n) is 10.0. The number of benzene rings is 3. The molecule has 0 heterocycles. The van der Waals surface area contributed by atoms with Crippen molar-refractivity contribution in [1.29, 1.82) is 0 Å². The first-order valence-electron chi connectivity index (χ1n) is 10.2. The molecule has 0 saturated carbocycles. The molecule has 3 aromatic carbocycles. The van der Waals surface area contributed by atoms with E-state index in [9.17, 15) is 0 Å². The highest BCUT2D eigenvalue weighted by Gasteiger charge is 2.29. The van der Waals surface area contributed by atoms with E-state index in [-0.39, 0.29) is 10.8 Å². The van der Waals surface area contributed by atoms with E-state index >= 15 is 0 Å². The topological polar surface area (TPSA) is 26.0 Å². The Balaban J connectivity index is 2.22. The molecule has 28 heavy (non-hydrogen) atoms. The van der Waals surface area contributed by atoms with Crippen molar-refractivity contribution < 1.29 is 0 Å². The van der Waals surface area contributed by atoms with E-state index < -0.39 is 0 Å². The van der Waals surface area contributed by atoms with Crippen molar-refractivity contribution in [2.24, 2.45) is 5.73 Å². The Labute approximate surface area is 168 Å². The zero-order valence-corrected chi connectivity index (χ0v) is 18.0. The zero-order valence-electron chi connectivity index (χ0n) is 18.0. The van der Waals surface area contributed by atoms with Crippen molar-refractivity contribution in [3.8, 4) is 11.1 Å². The third-order valence-electron chi connectivity index (χ3n) is 5.89. The standard InChI is InChI=1S/C27H31N/c1-26(2,3)22-15-14-17(16-28)25(27(4,5)6)24(22)21-13-9-12-20-18-10-7-8-11-19(18)23(20)21/h7-15H,16,28H2,1-6H3. The molecule has 4 rings (SSSR count). The summed E-state index contributed by atoms with van der Waals surface area (Å²) >= 11 is 0. The van der Waals surface area contributed by atoms with Gasteiger partial charge in [-0.05, 0) is 59.5 Å². The van der Waals surface area contributed by atoms with Crippen LogP contribution in [0.3, 0.4) is 0 Å². The van der Waals surface area contributed by atoms with Gasteiger partial charge >= 0.3 is 0 Å². The quantitative estimate of drug-likeness (QED) is 0.441. The van der Waals surface area contributed by atoms with E-state index in [0.29, 0.717) is 6.54 Å². The van der Waals surface area contributed by atoms with Crippen molar-refractivity contribution in [3.05, 3.63) is 92.2 Å². The fraction of sp³-hybridized carbons (Fsp3) is 0.333. The van der Waals surface area contributed by atoms with Gasteiger partial charge in [0, 0.05) is 6.54 Å². The first-order chi connectivity index (χ1) is 13.1. The van der Waals surface area contributed by atoms with Crippen LogP contribution >= 0.6 is 0 Å². The summed E-state index contributed by atoms with van der Waals surface area (Å²) in [4.78, 5) is 0. The monoisotopic (exact) mass is 369 g/mol. The second-order valence-corrected chi connectivity index (χ2v) is 10.0. The fourth-order valence-electron chi connectivity index (χ4n) is 4.73. The summed E-state index contributed by atoms with van der Waals surface area (Å²) in [5.41, 5.74) is 13.0. The molecular weight excluding hydrogens is 338 g/mol. The van der Waals surface area contributed by atoms with Crippen LogP contribution in [0, 0.1) is 20.9 Å². The lowest BCUT2D eigenvalue weighted by Crippen LogP contribution is -2.22. The van der Waals surface area contributed by atoms with Gasteiger partial charge in [0.15, 0.2) is 0 Å². The van der Waals surface area contributed by atoms with Crippen LogP contribution in [0.25, 0.3) is 11.1 Å². The van der Waals surface area contributed by atoms with Gasteiger partial charge in [-0.15, -0.1) is 0 Å². The fourth-order valence-corrected chi connectivity index (χ4v) is 4.73. The van der Waals surface area contributed by atoms with Crippen molar-refractivity contribution in [2.45, 2.75) is 58.9 Å². The van der Waals surface area contributed by atoms with Crippen LogP contribution in [0.5, 0.6) is 0 Å². The lowest BCUT2D eigenvalue weighted by Gasteiger charge is -2.33. The molecule has 144 valence electrons. The molecule has 0 fully saturated rings. The molecule has 1 aliphatic rings. The summed E-state index contributed by atoms with van der Waals surface area (Å²) < 4.78 is 0. The average molecular weight is 370 g/mol. The summed E-state index contributed by atoms with van der Waals surface area (Å²) in [6.07, 6.45) is 0. The summed E-state index contributed by atoms with van der Waals surface area (Å²) in [5.74, 6) is 0. The molecule has 0 bridgehead atoms. The molecule has 0 aliphatic heterocycles. The SMILES string of the molecule is CC(C)(C)c1ccc(CN)c(C(C)(C)C)c1-c1cccc2c1=c1ccccc1=2. The largest absolute Gasteiger partial charge is 0.326 e. The van der Waals surface area contributed by atoms with Gasteiger partial charge in [0.05, 0.1) is 0 Å². The van der Waals surface area contributed by atoms with Crippen LogP contribution in [-0.4, -0.2) is 0 Å². The Morgan fingerprint density at radius 3 is 1.93 bits per heavy atom. The Bertz CT molecular complexity index is 1250. The highest BCUT2D eigenvalue weighted by molar-refractivity contribution is 5.76. The van der Waals surface area contributed by atoms with Crippen LogP contribution in [0.4, 0.5) is 0 Å². The van der Waals surface area contributed by atoms with E-state index in [2.05, 4.69) is 96.1 Å². The van der Waals surface area contributed by atoms with E-state index in [4.69, 9.17) is 5.73 Å². The molecule has 0 amide bonds. The van der Waals surface area contributed by atoms with Crippen molar-refractivity contribution in [3.63, 3.8) is 0 Å². The minimum absolute atomic E-state index is 0.0112. The van der Waals surface area contributed by atoms with Crippen molar-refractivity contribution in [1.82, 2.24) is 0 Å². The number of rotatable bonds is 2. The van der Waals surface area contributed by atoms with Gasteiger partial charge in [0.1, 0.15) is 0 Å². The van der Waals surface area contributed by atoms with E-state index in [1.54, 1.807) is 0 Å². The maximum atomic E-state index is 6.21. The van der Waals surface area contributed by atoms with Crippen LogP contribution < -0.4 is 5.73 Å². The molecule has 3 aromatic rings. The summed E-state index contributed by atoms with van der Waals surface area (Å²) in [6, 6.07) is 20.1. The molecule has 0 saturated heterocycles. The van der Waals surface area contributed by atoms with Gasteiger partial charge in [-0.3, -0.25) is 0 Å². The molecule has 0 radical (unpaired) electrons. The lowest BCUT2D eigenvalue weighted by molar-refractivity contribution is 0.566.